The number of hydrogen-bond acceptors (Lipinski definition) is 5. The highest BCUT2D eigenvalue weighted by Gasteiger charge is 2.56. The van der Waals surface area contributed by atoms with Gasteiger partial charge in [-0.15, -0.1) is 0 Å². The zero-order valence-corrected chi connectivity index (χ0v) is 14.9. The molecule has 0 unspecified atom stereocenters. The Kier molecular flexibility index (Phi) is 5.06. The molecular formula is C13H19F3N4O4S. The van der Waals surface area contributed by atoms with Crippen LogP contribution in [-0.4, -0.2) is 67.4 Å². The number of aromatic nitrogens is 1. The number of likely N-dealkylation sites (tertiary alicyclic amines) is 1. The van der Waals surface area contributed by atoms with E-state index in [0.717, 1.165) is 23.3 Å². The number of urea groups is 1. The number of anilines is 1. The van der Waals surface area contributed by atoms with Crippen LogP contribution in [0, 0.1) is 19.8 Å². The Labute approximate surface area is 143 Å². The summed E-state index contributed by atoms with van der Waals surface area (Å²) in [6.07, 6.45) is -4.74. The summed E-state index contributed by atoms with van der Waals surface area (Å²) in [5.41, 5.74) is 0.627. The minimum atomic E-state index is -4.74. The lowest BCUT2D eigenvalue weighted by Gasteiger charge is -2.23. The first-order chi connectivity index (χ1) is 11.4. The van der Waals surface area contributed by atoms with Gasteiger partial charge in [-0.3, -0.25) is 0 Å². The second-order valence-electron chi connectivity index (χ2n) is 6.05. The zero-order chi connectivity index (χ0) is 19.2. The molecule has 1 fully saturated rings. The van der Waals surface area contributed by atoms with Crippen LogP contribution in [0.2, 0.25) is 0 Å². The molecule has 2 heterocycles. The van der Waals surface area contributed by atoms with Gasteiger partial charge in [0.2, 0.25) is 10.0 Å². The van der Waals surface area contributed by atoms with Gasteiger partial charge in [0, 0.05) is 27.2 Å². The number of carbonyl (C=O) groups is 1. The lowest BCUT2D eigenvalue weighted by molar-refractivity contribution is -0.169. The molecule has 0 aliphatic carbocycles. The minimum absolute atomic E-state index is 0.257. The highest BCUT2D eigenvalue weighted by molar-refractivity contribution is 7.89. The molecular weight excluding hydrogens is 365 g/mol. The Hall–Kier alpha value is -1.82. The molecule has 12 heteroatoms. The lowest BCUT2D eigenvalue weighted by Crippen LogP contribution is -2.43. The molecule has 2 amide bonds. The first-order valence-electron chi connectivity index (χ1n) is 7.32. The van der Waals surface area contributed by atoms with Crippen LogP contribution >= 0.6 is 0 Å². The van der Waals surface area contributed by atoms with Gasteiger partial charge in [-0.05, 0) is 13.8 Å². The maximum Gasteiger partial charge on any atom is 0.394 e. The zero-order valence-electron chi connectivity index (χ0n) is 14.1. The Balaban J connectivity index is 2.25. The van der Waals surface area contributed by atoms with Crippen molar-refractivity contribution in [3.8, 4) is 0 Å². The predicted octanol–water partition coefficient (Wildman–Crippen LogP) is 1.58. The van der Waals surface area contributed by atoms with E-state index in [4.69, 9.17) is 4.52 Å². The summed E-state index contributed by atoms with van der Waals surface area (Å²) in [6.45, 7) is 1.81. The first kappa shape index (κ1) is 19.5. The number of halogens is 3. The summed E-state index contributed by atoms with van der Waals surface area (Å²) < 4.78 is 69.9. The van der Waals surface area contributed by atoms with Gasteiger partial charge in [-0.25, -0.2) is 17.5 Å². The third kappa shape index (κ3) is 3.73. The van der Waals surface area contributed by atoms with Crippen molar-refractivity contribution in [3.63, 3.8) is 0 Å². The van der Waals surface area contributed by atoms with Gasteiger partial charge in [0.25, 0.3) is 0 Å². The van der Waals surface area contributed by atoms with Gasteiger partial charge in [-0.1, -0.05) is 5.16 Å². The van der Waals surface area contributed by atoms with Crippen LogP contribution in [0.15, 0.2) is 4.52 Å². The number of nitrogens with zero attached hydrogens (tertiary/aromatic N) is 3. The molecule has 0 aromatic carbocycles. The second kappa shape index (κ2) is 6.48. The smallest absolute Gasteiger partial charge is 0.359 e. The van der Waals surface area contributed by atoms with Gasteiger partial charge in [0.1, 0.15) is 16.6 Å². The fraction of sp³-hybridized carbons (Fsp3) is 0.692. The third-order valence-electron chi connectivity index (χ3n) is 4.13. The summed E-state index contributed by atoms with van der Waals surface area (Å²) in [6, 6.07) is -0.833. The van der Waals surface area contributed by atoms with Crippen LogP contribution in [0.4, 0.5) is 23.7 Å². The molecule has 0 radical (unpaired) electrons. The van der Waals surface area contributed by atoms with Crippen molar-refractivity contribution in [1.29, 1.82) is 0 Å². The molecule has 1 aliphatic heterocycles. The molecule has 1 aliphatic rings. The van der Waals surface area contributed by atoms with E-state index in [1.165, 1.54) is 6.92 Å². The molecule has 1 N–H and O–H groups in total. The normalized spacial score (nSPS) is 21.8. The molecule has 2 rings (SSSR count). The number of sulfonamides is 1. The standard InChI is InChI=1S/C13H19F3N4O4S/c1-7-11(8(2)24-18-7)17-12(21)20-5-9(13(14,15)16)10(6-20)25(22,23)19(3)4/h9-10H,5-6H2,1-4H3,(H,17,21)/t9-,10-/m1/s1. The monoisotopic (exact) mass is 384 g/mol. The molecule has 1 aromatic rings. The van der Waals surface area contributed by atoms with Crippen molar-refractivity contribution in [2.24, 2.45) is 5.92 Å². The largest absolute Gasteiger partial charge is 0.394 e. The first-order valence-corrected chi connectivity index (χ1v) is 8.83. The van der Waals surface area contributed by atoms with Gasteiger partial charge in [0.15, 0.2) is 5.76 Å². The van der Waals surface area contributed by atoms with Crippen LogP contribution in [0.3, 0.4) is 0 Å². The SMILES string of the molecule is Cc1noc(C)c1NC(=O)N1C[C@@H](C(F)(F)F)[C@H](S(=O)(=O)N(C)C)C1. The number of nitrogens with one attached hydrogen (secondary N) is 1. The molecule has 2 atom stereocenters. The minimum Gasteiger partial charge on any atom is -0.359 e. The summed E-state index contributed by atoms with van der Waals surface area (Å²) in [7, 11) is -1.87. The maximum atomic E-state index is 13.3. The van der Waals surface area contributed by atoms with Crippen molar-refractivity contribution in [2.45, 2.75) is 25.3 Å². The van der Waals surface area contributed by atoms with Gasteiger partial charge < -0.3 is 14.7 Å². The number of amides is 2. The summed E-state index contributed by atoms with van der Waals surface area (Å²) >= 11 is 0. The van der Waals surface area contributed by atoms with Crippen molar-refractivity contribution in [3.05, 3.63) is 11.5 Å². The van der Waals surface area contributed by atoms with E-state index in [1.54, 1.807) is 6.92 Å². The van der Waals surface area contributed by atoms with E-state index in [9.17, 15) is 26.4 Å². The molecule has 1 aromatic heterocycles. The Morgan fingerprint density at radius 1 is 1.32 bits per heavy atom. The van der Waals surface area contributed by atoms with Gasteiger partial charge >= 0.3 is 12.2 Å². The molecule has 0 saturated carbocycles. The summed E-state index contributed by atoms with van der Waals surface area (Å²) in [5, 5.41) is 4.31. The summed E-state index contributed by atoms with van der Waals surface area (Å²) in [4.78, 5) is 13.1. The van der Waals surface area contributed by atoms with Gasteiger partial charge in [0.05, 0.1) is 5.92 Å². The van der Waals surface area contributed by atoms with E-state index in [2.05, 4.69) is 10.5 Å². The molecule has 1 saturated heterocycles. The topological polar surface area (TPSA) is 95.7 Å². The quantitative estimate of drug-likeness (QED) is 0.854. The van der Waals surface area contributed by atoms with Gasteiger partial charge in [-0.2, -0.15) is 13.2 Å². The Morgan fingerprint density at radius 2 is 1.92 bits per heavy atom. The average Bonchev–Trinajstić information content (AvgIpc) is 3.06. The van der Waals surface area contributed by atoms with E-state index in [1.807, 2.05) is 0 Å². The van der Waals surface area contributed by atoms with E-state index >= 15 is 0 Å². The number of alkyl halides is 3. The number of hydrogen-bond donors (Lipinski definition) is 1. The molecule has 0 bridgehead atoms. The van der Waals surface area contributed by atoms with Crippen molar-refractivity contribution in [1.82, 2.24) is 14.4 Å². The Morgan fingerprint density at radius 3 is 2.36 bits per heavy atom. The average molecular weight is 384 g/mol. The number of aryl methyl sites for hydroxylation is 2. The van der Waals surface area contributed by atoms with Crippen LogP contribution in [0.1, 0.15) is 11.5 Å². The van der Waals surface area contributed by atoms with Crippen LogP contribution in [0.5, 0.6) is 0 Å². The van der Waals surface area contributed by atoms with E-state index < -0.39 is 46.5 Å². The number of carbonyl (C=O) groups excluding carboxylic acids is 1. The van der Waals surface area contributed by atoms with E-state index in [0.29, 0.717) is 11.5 Å². The van der Waals surface area contributed by atoms with Crippen molar-refractivity contribution < 1.29 is 30.9 Å². The number of rotatable bonds is 3. The maximum absolute atomic E-state index is 13.3. The fourth-order valence-corrected chi connectivity index (χ4v) is 4.24. The predicted molar refractivity (Wildman–Crippen MR) is 82.5 cm³/mol. The molecule has 8 nitrogen and oxygen atoms in total. The van der Waals surface area contributed by atoms with Crippen LogP contribution in [-0.2, 0) is 10.0 Å². The highest BCUT2D eigenvalue weighted by Crippen LogP contribution is 2.38. The molecule has 25 heavy (non-hydrogen) atoms. The molecule has 0 spiro atoms. The summed E-state index contributed by atoms with van der Waals surface area (Å²) in [5.74, 6) is -1.86. The third-order valence-corrected chi connectivity index (χ3v) is 6.39. The van der Waals surface area contributed by atoms with Crippen molar-refractivity contribution >= 4 is 21.7 Å². The fourth-order valence-electron chi connectivity index (χ4n) is 2.67. The van der Waals surface area contributed by atoms with Crippen molar-refractivity contribution in [2.75, 3.05) is 32.5 Å². The second-order valence-corrected chi connectivity index (χ2v) is 8.41. The van der Waals surface area contributed by atoms with E-state index in [-0.39, 0.29) is 5.69 Å². The van der Waals surface area contributed by atoms with Crippen LogP contribution < -0.4 is 5.32 Å². The van der Waals surface area contributed by atoms with Crippen LogP contribution in [0.25, 0.3) is 0 Å². The lowest BCUT2D eigenvalue weighted by atomic mass is 10.1. The highest BCUT2D eigenvalue weighted by atomic mass is 32.2. The molecule has 142 valence electrons. The Bertz CT molecular complexity index is 740.